The number of ether oxygens (including phenoxy) is 4. The van der Waals surface area contributed by atoms with Crippen LogP contribution >= 0.6 is 0 Å². The highest BCUT2D eigenvalue weighted by molar-refractivity contribution is 5.85. The lowest BCUT2D eigenvalue weighted by Crippen LogP contribution is -2.39. The minimum atomic E-state index is -0.757. The molecule has 10 nitrogen and oxygen atoms in total. The molecule has 0 radical (unpaired) electrons. The molecule has 1 aromatic rings. The van der Waals surface area contributed by atoms with Gasteiger partial charge in [-0.15, -0.1) is 6.42 Å². The summed E-state index contributed by atoms with van der Waals surface area (Å²) in [4.78, 5) is 41.7. The molecule has 0 bridgehead atoms. The molecule has 1 heterocycles. The van der Waals surface area contributed by atoms with Gasteiger partial charge < -0.3 is 34.4 Å². The molecule has 1 saturated heterocycles. The topological polar surface area (TPSA) is 129 Å². The number of hydrogen-bond donors (Lipinski definition) is 2. The van der Waals surface area contributed by atoms with Gasteiger partial charge in [-0.2, -0.15) is 0 Å². The highest BCUT2D eigenvalue weighted by atomic mass is 16.7. The van der Waals surface area contributed by atoms with E-state index < -0.39 is 24.3 Å². The molecule has 214 valence electrons. The average molecular weight is 537 g/mol. The van der Waals surface area contributed by atoms with E-state index in [0.29, 0.717) is 0 Å². The molecule has 0 spiro atoms. The highest BCUT2D eigenvalue weighted by Crippen LogP contribution is 2.27. The van der Waals surface area contributed by atoms with Crippen molar-refractivity contribution in [3.63, 3.8) is 0 Å². The lowest BCUT2D eigenvalue weighted by molar-refractivity contribution is -0.143. The molecule has 1 aromatic carbocycles. The molecular formula is C28H44N2O8. The van der Waals surface area contributed by atoms with E-state index >= 15 is 0 Å². The summed E-state index contributed by atoms with van der Waals surface area (Å²) in [5.41, 5.74) is 1.53. The normalized spacial score (nSPS) is 15.9. The van der Waals surface area contributed by atoms with Crippen LogP contribution in [-0.2, 0) is 38.1 Å². The second-order valence-electron chi connectivity index (χ2n) is 7.86. The first-order chi connectivity index (χ1) is 18.3. The Morgan fingerprint density at radius 2 is 1.68 bits per heavy atom. The van der Waals surface area contributed by atoms with Gasteiger partial charge >= 0.3 is 11.9 Å². The van der Waals surface area contributed by atoms with Crippen LogP contribution in [0.1, 0.15) is 70.3 Å². The Kier molecular flexibility index (Phi) is 23.4. The highest BCUT2D eigenvalue weighted by Gasteiger charge is 2.32. The van der Waals surface area contributed by atoms with Gasteiger partial charge in [0.2, 0.25) is 0 Å². The summed E-state index contributed by atoms with van der Waals surface area (Å²) in [5.74, 6) is 1.41. The van der Waals surface area contributed by atoms with E-state index in [4.69, 9.17) is 20.7 Å². The Morgan fingerprint density at radius 1 is 1.08 bits per heavy atom. The Hall–Kier alpha value is -3.26. The maximum Gasteiger partial charge on any atom is 0.325 e. The second kappa shape index (κ2) is 24.1. The molecule has 2 N–H and O–H groups in total. The maximum absolute atomic E-state index is 11.8. The third kappa shape index (κ3) is 15.8. The van der Waals surface area contributed by atoms with Crippen LogP contribution < -0.4 is 10.6 Å². The van der Waals surface area contributed by atoms with Gasteiger partial charge in [0.25, 0.3) is 5.91 Å². The number of terminal acetylenes is 1. The molecule has 1 amide bonds. The van der Waals surface area contributed by atoms with Gasteiger partial charge in [-0.3, -0.25) is 14.4 Å². The zero-order valence-corrected chi connectivity index (χ0v) is 23.5. The summed E-state index contributed by atoms with van der Waals surface area (Å²) < 4.78 is 20.0. The van der Waals surface area contributed by atoms with E-state index in [0.717, 1.165) is 30.4 Å². The summed E-state index contributed by atoms with van der Waals surface area (Å²) in [7, 11) is 4.44. The van der Waals surface area contributed by atoms with E-state index in [2.05, 4.69) is 46.8 Å². The van der Waals surface area contributed by atoms with E-state index in [1.54, 1.807) is 31.3 Å². The van der Waals surface area contributed by atoms with Crippen molar-refractivity contribution in [3.8, 4) is 12.3 Å². The lowest BCUT2D eigenvalue weighted by atomic mass is 10.1. The second-order valence-corrected chi connectivity index (χ2v) is 7.86. The van der Waals surface area contributed by atoms with Crippen LogP contribution in [0.3, 0.4) is 0 Å². The predicted octanol–water partition coefficient (Wildman–Crippen LogP) is 2.93. The Morgan fingerprint density at radius 3 is 2.13 bits per heavy atom. The van der Waals surface area contributed by atoms with E-state index in [9.17, 15) is 14.4 Å². The van der Waals surface area contributed by atoms with Crippen molar-refractivity contribution >= 4 is 24.6 Å². The average Bonchev–Trinajstić information content (AvgIpc) is 3.48. The zero-order chi connectivity index (χ0) is 29.3. The number of esters is 2. The van der Waals surface area contributed by atoms with E-state index in [-0.39, 0.29) is 25.2 Å². The van der Waals surface area contributed by atoms with Gasteiger partial charge in [0.05, 0.1) is 20.8 Å². The number of carbonyl (C=O) groups is 4. The summed E-state index contributed by atoms with van der Waals surface area (Å²) >= 11 is 0. The zero-order valence-electron chi connectivity index (χ0n) is 23.5. The Balaban J connectivity index is 0. The molecule has 1 aliphatic heterocycles. The van der Waals surface area contributed by atoms with Crippen LogP contribution in [0.25, 0.3) is 0 Å². The van der Waals surface area contributed by atoms with Gasteiger partial charge in [0, 0.05) is 11.1 Å². The van der Waals surface area contributed by atoms with Crippen molar-refractivity contribution < 1.29 is 38.1 Å². The minimum absolute atomic E-state index is 0.120. The van der Waals surface area contributed by atoms with Crippen LogP contribution in [0.5, 0.6) is 0 Å². The van der Waals surface area contributed by atoms with Crippen LogP contribution in [0, 0.1) is 12.3 Å². The summed E-state index contributed by atoms with van der Waals surface area (Å²) in [6, 6.07) is 6.99. The molecule has 3 atom stereocenters. The number of hydrogen-bond acceptors (Lipinski definition) is 9. The smallest absolute Gasteiger partial charge is 0.325 e. The van der Waals surface area contributed by atoms with Crippen molar-refractivity contribution in [1.29, 1.82) is 0 Å². The van der Waals surface area contributed by atoms with Gasteiger partial charge in [-0.05, 0) is 25.6 Å². The third-order valence-corrected chi connectivity index (χ3v) is 5.14. The molecule has 0 aliphatic carbocycles. The van der Waals surface area contributed by atoms with E-state index in [1.807, 2.05) is 6.79 Å². The first-order valence-electron chi connectivity index (χ1n) is 12.5. The van der Waals surface area contributed by atoms with Crippen molar-refractivity contribution in [2.45, 2.75) is 71.3 Å². The van der Waals surface area contributed by atoms with Gasteiger partial charge in [-0.25, -0.2) is 0 Å². The maximum atomic E-state index is 11.8. The van der Waals surface area contributed by atoms with Crippen molar-refractivity contribution in [1.82, 2.24) is 10.6 Å². The first-order valence-corrected chi connectivity index (χ1v) is 12.5. The third-order valence-electron chi connectivity index (χ3n) is 5.14. The van der Waals surface area contributed by atoms with Crippen LogP contribution in [0.15, 0.2) is 24.3 Å². The van der Waals surface area contributed by atoms with Crippen molar-refractivity contribution in [2.75, 3.05) is 34.4 Å². The molecule has 38 heavy (non-hydrogen) atoms. The van der Waals surface area contributed by atoms with Crippen LogP contribution in [0.2, 0.25) is 0 Å². The minimum Gasteiger partial charge on any atom is -0.468 e. The molecule has 1 fully saturated rings. The van der Waals surface area contributed by atoms with E-state index in [1.165, 1.54) is 27.1 Å². The van der Waals surface area contributed by atoms with Gasteiger partial charge in [0.1, 0.15) is 19.4 Å². The first kappa shape index (κ1) is 36.9. The number of likely N-dealkylation sites (N-methyl/N-ethyl adjacent to an activating group) is 1. The summed E-state index contributed by atoms with van der Waals surface area (Å²) in [6.07, 6.45) is 9.57. The fraction of sp³-hybridized carbons (Fsp3) is 0.571. The Labute approximate surface area is 227 Å². The standard InChI is InChI=1S/C15H15NO5.C8H17NO2.C4H10.CH2O/c1-3-10-4-6-11(7-5-10)15-20-9-12(21-15)14(18)16-8-13(17)19-2;1-4-5-6-7(9-2)8(10)11-3;1-3-4-2;1-2/h1,4-7,12,15H,8-9H2,2H3,(H,16,18);7,9H,4-6H2,1-3H3;3-4H2,1-2H3;1H2. The van der Waals surface area contributed by atoms with Crippen LogP contribution in [-0.4, -0.2) is 71.2 Å². The predicted molar refractivity (Wildman–Crippen MR) is 145 cm³/mol. The van der Waals surface area contributed by atoms with Crippen molar-refractivity contribution in [2.24, 2.45) is 0 Å². The fourth-order valence-electron chi connectivity index (χ4n) is 2.73. The molecule has 3 unspecified atom stereocenters. The number of nitrogens with one attached hydrogen (secondary N) is 2. The molecule has 0 aromatic heterocycles. The number of carbonyl (C=O) groups excluding carboxylic acids is 4. The molecule has 1 aliphatic rings. The fourth-order valence-corrected chi connectivity index (χ4v) is 2.73. The quantitative estimate of drug-likeness (QED) is 0.342. The number of unbranched alkanes of at least 4 members (excludes halogenated alkanes) is 2. The number of methoxy groups -OCH3 is 2. The number of amides is 1. The molecule has 2 rings (SSSR count). The SMILES string of the molecule is C#Cc1ccc(C2OCC(C(=O)NCC(=O)OC)O2)cc1.C=O.CCCC.CCCCC(NC)C(=O)OC. The number of benzene rings is 1. The van der Waals surface area contributed by atoms with Crippen LogP contribution in [0.4, 0.5) is 0 Å². The van der Waals surface area contributed by atoms with Gasteiger partial charge in [0.15, 0.2) is 12.4 Å². The molecule has 10 heteroatoms. The Bertz CT molecular complexity index is 821. The van der Waals surface area contributed by atoms with Gasteiger partial charge in [-0.1, -0.05) is 64.5 Å². The largest absolute Gasteiger partial charge is 0.468 e. The van der Waals surface area contributed by atoms with Crippen molar-refractivity contribution in [3.05, 3.63) is 35.4 Å². The lowest BCUT2D eigenvalue weighted by Gasteiger charge is -2.11. The monoisotopic (exact) mass is 536 g/mol. The molecule has 0 saturated carbocycles. The summed E-state index contributed by atoms with van der Waals surface area (Å²) in [5, 5.41) is 5.33. The molecular weight excluding hydrogens is 492 g/mol. The summed E-state index contributed by atoms with van der Waals surface area (Å²) in [6.45, 7) is 8.38. The number of rotatable bonds is 10.